The van der Waals surface area contributed by atoms with Crippen molar-refractivity contribution < 1.29 is 9.53 Å². The summed E-state index contributed by atoms with van der Waals surface area (Å²) in [5.74, 6) is -0.192. The molecule has 1 atom stereocenters. The second-order valence-corrected chi connectivity index (χ2v) is 3.25. The Morgan fingerprint density at radius 2 is 2.36 bits per heavy atom. The number of hydrogen-bond donors (Lipinski definition) is 0. The molecule has 0 fully saturated rings. The molecule has 1 rings (SSSR count). The van der Waals surface area contributed by atoms with E-state index in [2.05, 4.69) is 6.08 Å². The van der Waals surface area contributed by atoms with E-state index in [1.807, 2.05) is 13.8 Å². The molecular weight excluding hydrogens is 140 g/mol. The van der Waals surface area contributed by atoms with Crippen LogP contribution in [0.2, 0.25) is 0 Å². The van der Waals surface area contributed by atoms with Gasteiger partial charge in [-0.05, 0) is 32.3 Å². The van der Waals surface area contributed by atoms with Crippen LogP contribution in [-0.2, 0) is 9.53 Å². The zero-order valence-electron chi connectivity index (χ0n) is 7.31. The Bertz CT molecular complexity index is 206. The molecule has 1 aliphatic carbocycles. The van der Waals surface area contributed by atoms with Gasteiger partial charge in [0.05, 0.1) is 0 Å². The number of hydrogen-bond acceptors (Lipinski definition) is 2. The van der Waals surface area contributed by atoms with Crippen LogP contribution >= 0.6 is 0 Å². The van der Waals surface area contributed by atoms with Crippen molar-refractivity contribution >= 4 is 5.97 Å². The molecule has 2 heteroatoms. The lowest BCUT2D eigenvalue weighted by Crippen LogP contribution is -2.29. The first-order valence-electron chi connectivity index (χ1n) is 3.91. The largest absolute Gasteiger partial charge is 0.455 e. The van der Waals surface area contributed by atoms with Gasteiger partial charge in [-0.1, -0.05) is 6.08 Å². The highest BCUT2D eigenvalue weighted by atomic mass is 16.6. The van der Waals surface area contributed by atoms with Crippen LogP contribution in [-0.4, -0.2) is 11.6 Å². The van der Waals surface area contributed by atoms with Crippen LogP contribution in [0.4, 0.5) is 0 Å². The molecule has 0 saturated carbocycles. The average molecular weight is 154 g/mol. The Kier molecular flexibility index (Phi) is 2.03. The molecule has 2 nitrogen and oxygen atoms in total. The van der Waals surface area contributed by atoms with Crippen molar-refractivity contribution in [1.82, 2.24) is 0 Å². The zero-order valence-corrected chi connectivity index (χ0v) is 7.31. The van der Waals surface area contributed by atoms with Gasteiger partial charge in [-0.15, -0.1) is 0 Å². The summed E-state index contributed by atoms with van der Waals surface area (Å²) in [5.41, 5.74) is 0.860. The van der Waals surface area contributed by atoms with E-state index in [1.165, 1.54) is 12.5 Å². The number of ether oxygens (including phenoxy) is 1. The fraction of sp³-hybridized carbons (Fsp3) is 0.667. The first kappa shape index (κ1) is 8.31. The molecule has 0 aromatic heterocycles. The number of carbonyl (C=O) groups excluding carboxylic acids is 1. The first-order chi connectivity index (χ1) is 5.04. The van der Waals surface area contributed by atoms with E-state index in [9.17, 15) is 4.79 Å². The van der Waals surface area contributed by atoms with Gasteiger partial charge in [0.2, 0.25) is 0 Å². The summed E-state index contributed by atoms with van der Waals surface area (Å²) < 4.78 is 5.20. The normalized spacial score (nSPS) is 29.9. The standard InChI is InChI=1S/C9H14O2/c1-7-5-4-6-9(7,3)11-8(2)10/h5H,4,6H2,1-3H3/t9-/m0/s1. The molecule has 0 unspecified atom stereocenters. The van der Waals surface area contributed by atoms with Gasteiger partial charge in [0.25, 0.3) is 0 Å². The Labute approximate surface area is 67.2 Å². The van der Waals surface area contributed by atoms with Crippen molar-refractivity contribution in [2.75, 3.05) is 0 Å². The van der Waals surface area contributed by atoms with E-state index in [1.54, 1.807) is 0 Å². The molecule has 11 heavy (non-hydrogen) atoms. The van der Waals surface area contributed by atoms with Crippen LogP contribution < -0.4 is 0 Å². The van der Waals surface area contributed by atoms with E-state index in [4.69, 9.17) is 4.74 Å². The van der Waals surface area contributed by atoms with Gasteiger partial charge in [0.1, 0.15) is 5.60 Å². The molecule has 0 aliphatic heterocycles. The molecule has 0 amide bonds. The number of allylic oxidation sites excluding steroid dienone is 1. The van der Waals surface area contributed by atoms with Crippen LogP contribution in [0.25, 0.3) is 0 Å². The molecule has 0 spiro atoms. The van der Waals surface area contributed by atoms with Gasteiger partial charge in [0.15, 0.2) is 0 Å². The number of esters is 1. The molecule has 0 N–H and O–H groups in total. The fourth-order valence-corrected chi connectivity index (χ4v) is 1.43. The van der Waals surface area contributed by atoms with Gasteiger partial charge in [-0.2, -0.15) is 0 Å². The lowest BCUT2D eigenvalue weighted by atomic mass is 9.99. The van der Waals surface area contributed by atoms with Crippen molar-refractivity contribution in [2.45, 2.75) is 39.2 Å². The molecule has 0 saturated heterocycles. The molecule has 0 bridgehead atoms. The summed E-state index contributed by atoms with van der Waals surface area (Å²) in [6, 6.07) is 0. The summed E-state index contributed by atoms with van der Waals surface area (Å²) in [5, 5.41) is 0. The fourth-order valence-electron chi connectivity index (χ4n) is 1.43. The van der Waals surface area contributed by atoms with Crippen LogP contribution in [0.15, 0.2) is 11.6 Å². The summed E-state index contributed by atoms with van der Waals surface area (Å²) >= 11 is 0. The highest BCUT2D eigenvalue weighted by Crippen LogP contribution is 2.32. The van der Waals surface area contributed by atoms with Gasteiger partial charge >= 0.3 is 5.97 Å². The average Bonchev–Trinajstić information content (AvgIpc) is 2.11. The Hall–Kier alpha value is -0.790. The van der Waals surface area contributed by atoms with E-state index < -0.39 is 0 Å². The predicted molar refractivity (Wildman–Crippen MR) is 43.2 cm³/mol. The molecule has 0 aromatic carbocycles. The Morgan fingerprint density at radius 3 is 2.73 bits per heavy atom. The minimum atomic E-state index is -0.314. The van der Waals surface area contributed by atoms with Gasteiger partial charge < -0.3 is 4.74 Å². The first-order valence-corrected chi connectivity index (χ1v) is 3.91. The van der Waals surface area contributed by atoms with Crippen LogP contribution in [0.1, 0.15) is 33.6 Å². The number of rotatable bonds is 1. The quantitative estimate of drug-likeness (QED) is 0.427. The van der Waals surface area contributed by atoms with Crippen LogP contribution in [0.5, 0.6) is 0 Å². The highest BCUT2D eigenvalue weighted by molar-refractivity contribution is 5.67. The summed E-state index contributed by atoms with van der Waals surface area (Å²) in [7, 11) is 0. The third-order valence-corrected chi connectivity index (χ3v) is 2.28. The number of carbonyl (C=O) groups is 1. The van der Waals surface area contributed by atoms with Gasteiger partial charge in [-0.3, -0.25) is 4.79 Å². The van der Waals surface area contributed by atoms with E-state index in [0.29, 0.717) is 0 Å². The second-order valence-electron chi connectivity index (χ2n) is 3.25. The summed E-state index contributed by atoms with van der Waals surface area (Å²) in [6.45, 7) is 5.43. The smallest absolute Gasteiger partial charge is 0.303 e. The Morgan fingerprint density at radius 1 is 1.73 bits per heavy atom. The summed E-state index contributed by atoms with van der Waals surface area (Å²) in [6.07, 6.45) is 4.08. The zero-order chi connectivity index (χ0) is 8.48. The topological polar surface area (TPSA) is 26.3 Å². The molecular formula is C9H14O2. The SMILES string of the molecule is CC(=O)O[C@@]1(C)CCC=C1C. The van der Waals surface area contributed by atoms with Gasteiger partial charge in [-0.25, -0.2) is 0 Å². The van der Waals surface area contributed by atoms with Crippen molar-refractivity contribution in [3.63, 3.8) is 0 Å². The molecule has 1 aliphatic rings. The van der Waals surface area contributed by atoms with Gasteiger partial charge in [0, 0.05) is 6.92 Å². The van der Waals surface area contributed by atoms with E-state index in [0.717, 1.165) is 12.8 Å². The third kappa shape index (κ3) is 1.62. The molecule has 0 radical (unpaired) electrons. The molecule has 0 heterocycles. The highest BCUT2D eigenvalue weighted by Gasteiger charge is 2.32. The van der Waals surface area contributed by atoms with Crippen molar-refractivity contribution in [1.29, 1.82) is 0 Å². The monoisotopic (exact) mass is 154 g/mol. The van der Waals surface area contributed by atoms with E-state index >= 15 is 0 Å². The van der Waals surface area contributed by atoms with Crippen LogP contribution in [0.3, 0.4) is 0 Å². The van der Waals surface area contributed by atoms with Crippen LogP contribution in [0, 0.1) is 0 Å². The van der Waals surface area contributed by atoms with E-state index in [-0.39, 0.29) is 11.6 Å². The lowest BCUT2D eigenvalue weighted by molar-refractivity contribution is -0.151. The van der Waals surface area contributed by atoms with Crippen molar-refractivity contribution in [2.24, 2.45) is 0 Å². The maximum absolute atomic E-state index is 10.7. The maximum atomic E-state index is 10.7. The molecule has 62 valence electrons. The third-order valence-electron chi connectivity index (χ3n) is 2.28. The maximum Gasteiger partial charge on any atom is 0.303 e. The van der Waals surface area contributed by atoms with Crippen molar-refractivity contribution in [3.05, 3.63) is 11.6 Å². The predicted octanol–water partition coefficient (Wildman–Crippen LogP) is 2.05. The summed E-state index contributed by atoms with van der Waals surface area (Å²) in [4.78, 5) is 10.7. The second kappa shape index (κ2) is 2.68. The minimum Gasteiger partial charge on any atom is -0.455 e. The molecule has 0 aromatic rings. The van der Waals surface area contributed by atoms with Crippen molar-refractivity contribution in [3.8, 4) is 0 Å². The lowest BCUT2D eigenvalue weighted by Gasteiger charge is -2.25. The minimum absolute atomic E-state index is 0.192. The Balaban J connectivity index is 2.67.